The molecule has 3 N–H and O–H groups in total. The van der Waals surface area contributed by atoms with Crippen molar-refractivity contribution in [3.05, 3.63) is 5.89 Å². The number of likely N-dealkylation sites (tertiary alicyclic amines) is 1. The number of rotatable bonds is 6. The lowest BCUT2D eigenvalue weighted by molar-refractivity contribution is -0.118. The van der Waals surface area contributed by atoms with Gasteiger partial charge in [0.15, 0.2) is 0 Å². The van der Waals surface area contributed by atoms with E-state index in [9.17, 15) is 4.79 Å². The van der Waals surface area contributed by atoms with Crippen molar-refractivity contribution in [2.24, 2.45) is 5.73 Å². The third-order valence-electron chi connectivity index (χ3n) is 4.21. The molecule has 0 spiro atoms. The summed E-state index contributed by atoms with van der Waals surface area (Å²) >= 11 is 0. The zero-order valence-electron chi connectivity index (χ0n) is 12.3. The topological polar surface area (TPSA) is 97.3 Å². The van der Waals surface area contributed by atoms with Gasteiger partial charge in [-0.25, -0.2) is 0 Å². The molecule has 7 nitrogen and oxygen atoms in total. The van der Waals surface area contributed by atoms with Gasteiger partial charge in [-0.3, -0.25) is 15.0 Å². The monoisotopic (exact) mass is 293 g/mol. The van der Waals surface area contributed by atoms with Crippen molar-refractivity contribution < 1.29 is 9.21 Å². The quantitative estimate of drug-likeness (QED) is 0.815. The van der Waals surface area contributed by atoms with Crippen LogP contribution in [0.3, 0.4) is 0 Å². The van der Waals surface area contributed by atoms with E-state index in [1.165, 1.54) is 6.42 Å². The van der Waals surface area contributed by atoms with Gasteiger partial charge in [0.2, 0.25) is 11.8 Å². The Morgan fingerprint density at radius 2 is 2.19 bits per heavy atom. The summed E-state index contributed by atoms with van der Waals surface area (Å²) < 4.78 is 5.45. The summed E-state index contributed by atoms with van der Waals surface area (Å²) in [6, 6.07) is 0.633. The molecule has 1 aliphatic heterocycles. The molecule has 21 heavy (non-hydrogen) atoms. The first-order valence-corrected chi connectivity index (χ1v) is 7.83. The molecule has 1 unspecified atom stereocenters. The van der Waals surface area contributed by atoms with Crippen LogP contribution < -0.4 is 11.1 Å². The molecule has 1 saturated carbocycles. The Hall–Kier alpha value is -1.47. The van der Waals surface area contributed by atoms with E-state index in [4.69, 9.17) is 10.2 Å². The zero-order chi connectivity index (χ0) is 14.7. The van der Waals surface area contributed by atoms with E-state index in [2.05, 4.69) is 20.4 Å². The molecular weight excluding hydrogens is 270 g/mol. The Labute approximate surface area is 124 Å². The number of carbonyl (C=O) groups excluding carboxylic acids is 1. The molecule has 1 amide bonds. The van der Waals surface area contributed by atoms with Crippen LogP contribution in [0.15, 0.2) is 4.42 Å². The van der Waals surface area contributed by atoms with Crippen LogP contribution in [0.25, 0.3) is 0 Å². The summed E-state index contributed by atoms with van der Waals surface area (Å²) in [5, 5.41) is 10.5. The van der Waals surface area contributed by atoms with Crippen molar-refractivity contribution in [3.8, 4) is 0 Å². The van der Waals surface area contributed by atoms with Crippen LogP contribution in [-0.2, 0) is 4.79 Å². The van der Waals surface area contributed by atoms with Crippen LogP contribution >= 0.6 is 0 Å². The molecule has 116 valence electrons. The fourth-order valence-corrected chi connectivity index (χ4v) is 2.91. The lowest BCUT2D eigenvalue weighted by atomic mass is 9.99. The molecule has 1 aliphatic carbocycles. The van der Waals surface area contributed by atoms with Gasteiger partial charge in [0.05, 0.1) is 6.54 Å². The summed E-state index contributed by atoms with van der Waals surface area (Å²) in [5.74, 6) is 0.952. The number of carbonyl (C=O) groups is 1. The molecule has 2 fully saturated rings. The van der Waals surface area contributed by atoms with Crippen LogP contribution in [0.5, 0.6) is 0 Å². The number of hydrogen-bond donors (Lipinski definition) is 2. The van der Waals surface area contributed by atoms with Gasteiger partial charge in [0, 0.05) is 12.0 Å². The predicted octanol–water partition coefficient (Wildman–Crippen LogP) is 1.09. The lowest BCUT2D eigenvalue weighted by Gasteiger charge is -2.34. The van der Waals surface area contributed by atoms with E-state index in [0.29, 0.717) is 30.9 Å². The number of hydrogen-bond acceptors (Lipinski definition) is 6. The van der Waals surface area contributed by atoms with Crippen molar-refractivity contribution in [1.29, 1.82) is 0 Å². The second-order valence-electron chi connectivity index (χ2n) is 5.97. The average molecular weight is 293 g/mol. The summed E-state index contributed by atoms with van der Waals surface area (Å²) in [5.41, 5.74) is 5.65. The summed E-state index contributed by atoms with van der Waals surface area (Å²) in [6.07, 6.45) is 6.63. The lowest BCUT2D eigenvalue weighted by Crippen LogP contribution is -2.44. The summed E-state index contributed by atoms with van der Waals surface area (Å²) in [7, 11) is 0. The van der Waals surface area contributed by atoms with Crippen molar-refractivity contribution in [2.75, 3.05) is 25.0 Å². The SMILES string of the molecule is NCCC1CCCCN1CC(=O)Nc1nnc(C2CC2)o1. The van der Waals surface area contributed by atoms with Gasteiger partial charge < -0.3 is 10.2 Å². The van der Waals surface area contributed by atoms with Gasteiger partial charge in [-0.05, 0) is 45.2 Å². The third-order valence-corrected chi connectivity index (χ3v) is 4.21. The molecular formula is C14H23N5O2. The van der Waals surface area contributed by atoms with Crippen LogP contribution in [0.1, 0.15) is 50.3 Å². The number of anilines is 1. The Kier molecular flexibility index (Phi) is 4.50. The smallest absolute Gasteiger partial charge is 0.322 e. The van der Waals surface area contributed by atoms with Crippen LogP contribution in [0.4, 0.5) is 6.01 Å². The Balaban J connectivity index is 1.51. The number of amides is 1. The van der Waals surface area contributed by atoms with E-state index in [1.54, 1.807) is 0 Å². The molecule has 0 aromatic carbocycles. The molecule has 2 aliphatic rings. The van der Waals surface area contributed by atoms with Gasteiger partial charge in [-0.15, -0.1) is 5.10 Å². The Morgan fingerprint density at radius 3 is 2.95 bits per heavy atom. The van der Waals surface area contributed by atoms with Crippen molar-refractivity contribution in [1.82, 2.24) is 15.1 Å². The van der Waals surface area contributed by atoms with Gasteiger partial charge in [-0.1, -0.05) is 11.5 Å². The Morgan fingerprint density at radius 1 is 1.33 bits per heavy atom. The highest BCUT2D eigenvalue weighted by Gasteiger charge is 2.30. The molecule has 1 aromatic rings. The minimum absolute atomic E-state index is 0.0927. The standard InChI is InChI=1S/C14H23N5O2/c15-7-6-11-3-1-2-8-19(11)9-12(20)16-14-18-17-13(21-14)10-4-5-10/h10-11H,1-9,15H2,(H,16,18,20). The first kappa shape index (κ1) is 14.5. The minimum Gasteiger partial charge on any atom is -0.408 e. The van der Waals surface area contributed by atoms with E-state index in [0.717, 1.165) is 38.6 Å². The van der Waals surface area contributed by atoms with E-state index in [-0.39, 0.29) is 11.9 Å². The van der Waals surface area contributed by atoms with Gasteiger partial charge in [0.25, 0.3) is 0 Å². The predicted molar refractivity (Wildman–Crippen MR) is 77.8 cm³/mol. The highest BCUT2D eigenvalue weighted by atomic mass is 16.4. The molecule has 0 bridgehead atoms. The van der Waals surface area contributed by atoms with Crippen LogP contribution in [0.2, 0.25) is 0 Å². The number of nitrogens with zero attached hydrogens (tertiary/aromatic N) is 3. The molecule has 1 atom stereocenters. The van der Waals surface area contributed by atoms with Crippen LogP contribution in [-0.4, -0.2) is 46.7 Å². The average Bonchev–Trinajstić information content (AvgIpc) is 3.22. The zero-order valence-corrected chi connectivity index (χ0v) is 12.3. The van der Waals surface area contributed by atoms with Gasteiger partial charge >= 0.3 is 6.01 Å². The summed E-state index contributed by atoms with van der Waals surface area (Å²) in [6.45, 7) is 1.98. The molecule has 1 saturated heterocycles. The second-order valence-corrected chi connectivity index (χ2v) is 5.97. The molecule has 3 rings (SSSR count). The summed E-state index contributed by atoms with van der Waals surface area (Å²) in [4.78, 5) is 14.3. The highest BCUT2D eigenvalue weighted by Crippen LogP contribution is 2.39. The molecule has 7 heteroatoms. The normalized spacial score (nSPS) is 23.2. The number of nitrogens with two attached hydrogens (primary N) is 1. The van der Waals surface area contributed by atoms with E-state index < -0.39 is 0 Å². The first-order chi connectivity index (χ1) is 10.3. The van der Waals surface area contributed by atoms with E-state index >= 15 is 0 Å². The second kappa shape index (κ2) is 6.53. The first-order valence-electron chi connectivity index (χ1n) is 7.83. The van der Waals surface area contributed by atoms with Crippen molar-refractivity contribution in [2.45, 2.75) is 50.5 Å². The third kappa shape index (κ3) is 3.79. The minimum atomic E-state index is -0.0927. The Bertz CT molecular complexity index is 483. The van der Waals surface area contributed by atoms with Gasteiger partial charge in [-0.2, -0.15) is 0 Å². The van der Waals surface area contributed by atoms with Crippen molar-refractivity contribution >= 4 is 11.9 Å². The highest BCUT2D eigenvalue weighted by molar-refractivity contribution is 5.90. The van der Waals surface area contributed by atoms with E-state index in [1.807, 2.05) is 0 Å². The van der Waals surface area contributed by atoms with Gasteiger partial charge in [0.1, 0.15) is 0 Å². The van der Waals surface area contributed by atoms with Crippen LogP contribution in [0, 0.1) is 0 Å². The fraction of sp³-hybridized carbons (Fsp3) is 0.786. The molecule has 0 radical (unpaired) electrons. The maximum absolute atomic E-state index is 12.1. The number of aromatic nitrogens is 2. The maximum atomic E-state index is 12.1. The van der Waals surface area contributed by atoms with Crippen molar-refractivity contribution in [3.63, 3.8) is 0 Å². The number of nitrogens with one attached hydrogen (secondary N) is 1. The number of piperidine rings is 1. The molecule has 2 heterocycles. The maximum Gasteiger partial charge on any atom is 0.322 e. The molecule has 1 aromatic heterocycles. The largest absolute Gasteiger partial charge is 0.408 e. The fourth-order valence-electron chi connectivity index (χ4n) is 2.91.